The van der Waals surface area contributed by atoms with Gasteiger partial charge in [-0.1, -0.05) is 17.2 Å². The number of ether oxygens (including phenoxy) is 2. The molecule has 1 N–H and O–H groups in total. The molecule has 30 heavy (non-hydrogen) atoms. The first kappa shape index (κ1) is 19.9. The zero-order chi connectivity index (χ0) is 21.3. The predicted molar refractivity (Wildman–Crippen MR) is 106 cm³/mol. The number of carbonyl (C=O) groups excluding carboxylic acids is 1. The van der Waals surface area contributed by atoms with Crippen LogP contribution in [0.15, 0.2) is 51.8 Å². The normalized spacial score (nSPS) is 12.9. The van der Waals surface area contributed by atoms with Gasteiger partial charge in [0, 0.05) is 5.56 Å². The summed E-state index contributed by atoms with van der Waals surface area (Å²) in [4.78, 5) is 12.6. The van der Waals surface area contributed by atoms with E-state index in [0.717, 1.165) is 5.56 Å². The summed E-state index contributed by atoms with van der Waals surface area (Å²) in [5.41, 5.74) is 1.06. The molecule has 1 amide bonds. The lowest BCUT2D eigenvalue weighted by molar-refractivity contribution is 0.102. The maximum atomic E-state index is 12.5. The Kier molecular flexibility index (Phi) is 5.17. The number of rotatable bonds is 6. The van der Waals surface area contributed by atoms with E-state index in [4.69, 9.17) is 13.9 Å². The molecule has 1 aromatic heterocycles. The fourth-order valence-electron chi connectivity index (χ4n) is 2.86. The van der Waals surface area contributed by atoms with Gasteiger partial charge in [-0.3, -0.25) is 10.1 Å². The van der Waals surface area contributed by atoms with Crippen molar-refractivity contribution in [2.45, 2.75) is 30.4 Å². The fourth-order valence-corrected chi connectivity index (χ4v) is 3.96. The fraction of sp³-hybridized carbons (Fsp3) is 0.250. The Bertz CT molecular complexity index is 1200. The number of benzene rings is 2. The molecule has 0 atom stereocenters. The third-order valence-corrected chi connectivity index (χ3v) is 6.68. The van der Waals surface area contributed by atoms with Crippen LogP contribution >= 0.6 is 0 Å². The molecule has 0 radical (unpaired) electrons. The average Bonchev–Trinajstić information content (AvgIpc) is 3.37. The van der Waals surface area contributed by atoms with Gasteiger partial charge in [-0.25, -0.2) is 8.42 Å². The number of anilines is 1. The molecule has 3 aromatic rings. The van der Waals surface area contributed by atoms with Crippen molar-refractivity contribution in [3.8, 4) is 11.5 Å². The highest BCUT2D eigenvalue weighted by molar-refractivity contribution is 7.92. The number of aromatic nitrogens is 2. The Morgan fingerprint density at radius 3 is 2.70 bits per heavy atom. The van der Waals surface area contributed by atoms with Crippen LogP contribution in [0.25, 0.3) is 0 Å². The first-order valence-corrected chi connectivity index (χ1v) is 10.7. The molecule has 0 fully saturated rings. The standard InChI is InChI=1S/C20H19N3O6S/c1-12(2)30(25,26)15-5-3-4-14(10-15)19(24)21-20-23-22-18(29-20)9-13-6-7-16-17(8-13)28-11-27-16/h3-8,10,12H,9,11H2,1-2H3,(H,21,23,24). The predicted octanol–water partition coefficient (Wildman–Crippen LogP) is 2.82. The van der Waals surface area contributed by atoms with E-state index in [1.54, 1.807) is 19.9 Å². The van der Waals surface area contributed by atoms with E-state index in [1.807, 2.05) is 12.1 Å². The van der Waals surface area contributed by atoms with Gasteiger partial charge in [-0.2, -0.15) is 0 Å². The van der Waals surface area contributed by atoms with Crippen LogP contribution < -0.4 is 14.8 Å². The molecule has 0 saturated carbocycles. The highest BCUT2D eigenvalue weighted by Crippen LogP contribution is 2.33. The number of nitrogens with one attached hydrogen (secondary N) is 1. The molecule has 0 unspecified atom stereocenters. The molecular weight excluding hydrogens is 410 g/mol. The lowest BCUT2D eigenvalue weighted by atomic mass is 10.1. The summed E-state index contributed by atoms with van der Waals surface area (Å²) in [5, 5.41) is 9.66. The second-order valence-corrected chi connectivity index (χ2v) is 9.45. The molecule has 2 heterocycles. The van der Waals surface area contributed by atoms with Gasteiger partial charge in [0.25, 0.3) is 5.91 Å². The second-order valence-electron chi connectivity index (χ2n) is 6.94. The van der Waals surface area contributed by atoms with E-state index in [2.05, 4.69) is 15.5 Å². The number of amides is 1. The van der Waals surface area contributed by atoms with Gasteiger partial charge in [-0.15, -0.1) is 5.10 Å². The largest absolute Gasteiger partial charge is 0.454 e. The van der Waals surface area contributed by atoms with Crippen molar-refractivity contribution >= 4 is 21.8 Å². The van der Waals surface area contributed by atoms with Crippen molar-refractivity contribution in [1.29, 1.82) is 0 Å². The van der Waals surface area contributed by atoms with Crippen LogP contribution in [0, 0.1) is 0 Å². The first-order chi connectivity index (χ1) is 14.3. The van der Waals surface area contributed by atoms with Gasteiger partial charge in [0.15, 0.2) is 21.3 Å². The van der Waals surface area contributed by atoms with E-state index >= 15 is 0 Å². The van der Waals surface area contributed by atoms with Gasteiger partial charge in [0.2, 0.25) is 12.7 Å². The minimum Gasteiger partial charge on any atom is -0.454 e. The Hall–Kier alpha value is -3.40. The molecule has 4 rings (SSSR count). The number of sulfone groups is 1. The monoisotopic (exact) mass is 429 g/mol. The maximum absolute atomic E-state index is 12.5. The topological polar surface area (TPSA) is 121 Å². The molecule has 0 bridgehead atoms. The van der Waals surface area contributed by atoms with Crippen LogP contribution in [-0.2, 0) is 16.3 Å². The number of nitrogens with zero attached hydrogens (tertiary/aromatic N) is 2. The summed E-state index contributed by atoms with van der Waals surface area (Å²) in [6, 6.07) is 11.2. The lowest BCUT2D eigenvalue weighted by Gasteiger charge is -2.09. The molecule has 1 aliphatic heterocycles. The second kappa shape index (κ2) is 7.79. The van der Waals surface area contributed by atoms with Crippen molar-refractivity contribution in [2.75, 3.05) is 12.1 Å². The summed E-state index contributed by atoms with van der Waals surface area (Å²) in [6.45, 7) is 3.36. The van der Waals surface area contributed by atoms with Crippen LogP contribution in [0.3, 0.4) is 0 Å². The molecule has 0 spiro atoms. The molecular formula is C20H19N3O6S. The van der Waals surface area contributed by atoms with E-state index in [1.165, 1.54) is 24.3 Å². The molecule has 2 aromatic carbocycles. The van der Waals surface area contributed by atoms with Crippen molar-refractivity contribution in [3.05, 3.63) is 59.5 Å². The number of fused-ring (bicyclic) bond motifs is 1. The smallest absolute Gasteiger partial charge is 0.322 e. The summed E-state index contributed by atoms with van der Waals surface area (Å²) in [6.07, 6.45) is 0.349. The summed E-state index contributed by atoms with van der Waals surface area (Å²) in [7, 11) is -3.49. The third kappa shape index (κ3) is 3.99. The summed E-state index contributed by atoms with van der Waals surface area (Å²) < 4.78 is 40.8. The number of hydrogen-bond donors (Lipinski definition) is 1. The van der Waals surface area contributed by atoms with Crippen LogP contribution in [0.5, 0.6) is 11.5 Å². The SMILES string of the molecule is CC(C)S(=O)(=O)c1cccc(C(=O)Nc2nnc(Cc3ccc4c(c3)OCO4)o2)c1. The van der Waals surface area contributed by atoms with Crippen molar-refractivity contribution in [2.24, 2.45) is 0 Å². The number of carbonyl (C=O) groups is 1. The first-order valence-electron chi connectivity index (χ1n) is 9.19. The van der Waals surface area contributed by atoms with E-state index < -0.39 is 21.0 Å². The van der Waals surface area contributed by atoms with Crippen LogP contribution in [0.4, 0.5) is 6.01 Å². The zero-order valence-electron chi connectivity index (χ0n) is 16.3. The van der Waals surface area contributed by atoms with Crippen molar-refractivity contribution in [1.82, 2.24) is 10.2 Å². The minimum atomic E-state index is -3.49. The van der Waals surface area contributed by atoms with Gasteiger partial charge in [-0.05, 0) is 49.7 Å². The minimum absolute atomic E-state index is 0.0761. The Labute approximate surface area is 172 Å². The Morgan fingerprint density at radius 1 is 1.10 bits per heavy atom. The molecule has 10 heteroatoms. The third-order valence-electron chi connectivity index (χ3n) is 4.53. The van der Waals surface area contributed by atoms with E-state index in [0.29, 0.717) is 23.8 Å². The molecule has 156 valence electrons. The van der Waals surface area contributed by atoms with Gasteiger partial charge < -0.3 is 13.9 Å². The summed E-state index contributed by atoms with van der Waals surface area (Å²) in [5.74, 6) is 1.09. The van der Waals surface area contributed by atoms with Gasteiger partial charge in [0.1, 0.15) is 0 Å². The van der Waals surface area contributed by atoms with E-state index in [-0.39, 0.29) is 23.3 Å². The molecule has 0 aliphatic carbocycles. The molecule has 0 saturated heterocycles. The zero-order valence-corrected chi connectivity index (χ0v) is 17.1. The highest BCUT2D eigenvalue weighted by atomic mass is 32.2. The maximum Gasteiger partial charge on any atom is 0.322 e. The molecule has 9 nitrogen and oxygen atoms in total. The van der Waals surface area contributed by atoms with Crippen LogP contribution in [0.2, 0.25) is 0 Å². The highest BCUT2D eigenvalue weighted by Gasteiger charge is 2.21. The lowest BCUT2D eigenvalue weighted by Crippen LogP contribution is -2.16. The number of hydrogen-bond acceptors (Lipinski definition) is 8. The Balaban J connectivity index is 1.46. The van der Waals surface area contributed by atoms with Crippen molar-refractivity contribution in [3.63, 3.8) is 0 Å². The Morgan fingerprint density at radius 2 is 1.90 bits per heavy atom. The van der Waals surface area contributed by atoms with E-state index in [9.17, 15) is 13.2 Å². The summed E-state index contributed by atoms with van der Waals surface area (Å²) >= 11 is 0. The van der Waals surface area contributed by atoms with Crippen molar-refractivity contribution < 1.29 is 27.1 Å². The van der Waals surface area contributed by atoms with Crippen LogP contribution in [-0.4, -0.2) is 36.6 Å². The quantitative estimate of drug-likeness (QED) is 0.635. The van der Waals surface area contributed by atoms with Gasteiger partial charge in [0.05, 0.1) is 16.6 Å². The molecule has 1 aliphatic rings. The van der Waals surface area contributed by atoms with Gasteiger partial charge >= 0.3 is 6.01 Å². The van der Waals surface area contributed by atoms with Crippen LogP contribution in [0.1, 0.15) is 35.7 Å². The average molecular weight is 429 g/mol.